The molecule has 1 amide bonds. The number of carbonyl (C=O) groups excluding carboxylic acids is 1. The lowest BCUT2D eigenvalue weighted by Crippen LogP contribution is -2.34. The second kappa shape index (κ2) is 7.77. The van der Waals surface area contributed by atoms with Gasteiger partial charge in [-0.15, -0.1) is 0 Å². The van der Waals surface area contributed by atoms with Crippen molar-refractivity contribution in [2.75, 3.05) is 13.1 Å². The number of thioether (sulfide) groups is 1. The number of nitrogens with one attached hydrogen (secondary N) is 1. The second-order valence-corrected chi connectivity index (χ2v) is 8.14. The summed E-state index contributed by atoms with van der Waals surface area (Å²) in [7, 11) is 0. The Hall–Kier alpha value is -0.910. The molecule has 1 aromatic heterocycles. The van der Waals surface area contributed by atoms with E-state index in [0.717, 1.165) is 30.4 Å². The molecule has 1 N–H and O–H groups in total. The minimum atomic E-state index is 0.00338. The minimum absolute atomic E-state index is 0.00338. The monoisotopic (exact) mass is 373 g/mol. The molecule has 0 fully saturated rings. The van der Waals surface area contributed by atoms with Gasteiger partial charge >= 0.3 is 0 Å². The molecule has 0 aliphatic carbocycles. The number of hydrogen-bond acceptors (Lipinski definition) is 3. The van der Waals surface area contributed by atoms with Crippen molar-refractivity contribution in [3.05, 3.63) is 22.2 Å². The number of H-pyrrole nitrogens is 1. The third-order valence-electron chi connectivity index (χ3n) is 3.12. The van der Waals surface area contributed by atoms with Crippen LogP contribution in [0.4, 0.5) is 4.79 Å². The lowest BCUT2D eigenvalue weighted by atomic mass is 10.1. The third-order valence-corrected chi connectivity index (χ3v) is 4.66. The highest BCUT2D eigenvalue weighted by molar-refractivity contribution is 8.13. The smallest absolute Gasteiger partial charge is 0.289 e. The van der Waals surface area contributed by atoms with Gasteiger partial charge in [0.1, 0.15) is 0 Å². The zero-order valence-electron chi connectivity index (χ0n) is 13.7. The van der Waals surface area contributed by atoms with Crippen LogP contribution in [0.1, 0.15) is 27.7 Å². The number of amides is 1. The predicted octanol–water partition coefficient (Wildman–Crippen LogP) is 5.70. The van der Waals surface area contributed by atoms with Gasteiger partial charge in [-0.05, 0) is 24.0 Å². The van der Waals surface area contributed by atoms with Crippen LogP contribution in [0.3, 0.4) is 0 Å². The molecule has 4 nitrogen and oxygen atoms in total. The maximum atomic E-state index is 12.6. The van der Waals surface area contributed by atoms with Crippen molar-refractivity contribution >= 4 is 51.2 Å². The number of rotatable bonds is 5. The molecule has 0 spiro atoms. The Kier molecular flexibility index (Phi) is 6.23. The Labute approximate surface area is 150 Å². The normalized spacial score (nSPS) is 11.7. The van der Waals surface area contributed by atoms with E-state index in [-0.39, 0.29) is 5.24 Å². The van der Waals surface area contributed by atoms with E-state index in [1.54, 1.807) is 12.1 Å². The van der Waals surface area contributed by atoms with Gasteiger partial charge in [-0.2, -0.15) is 0 Å². The minimum Gasteiger partial charge on any atom is -0.333 e. The summed E-state index contributed by atoms with van der Waals surface area (Å²) in [5, 5.41) is 1.48. The van der Waals surface area contributed by atoms with Gasteiger partial charge in [-0.3, -0.25) is 4.79 Å². The molecule has 0 radical (unpaired) electrons. The van der Waals surface area contributed by atoms with Crippen molar-refractivity contribution in [2.24, 2.45) is 11.8 Å². The molecule has 0 bridgehead atoms. The summed E-state index contributed by atoms with van der Waals surface area (Å²) < 4.78 is 0. The van der Waals surface area contributed by atoms with E-state index in [1.807, 2.05) is 4.90 Å². The van der Waals surface area contributed by atoms with Crippen LogP contribution in [0.2, 0.25) is 10.0 Å². The first-order valence-electron chi connectivity index (χ1n) is 7.57. The van der Waals surface area contributed by atoms with Crippen molar-refractivity contribution in [1.29, 1.82) is 0 Å². The quantitative estimate of drug-likeness (QED) is 0.684. The van der Waals surface area contributed by atoms with Crippen molar-refractivity contribution < 1.29 is 4.79 Å². The Balaban J connectivity index is 2.17. The molecular weight excluding hydrogens is 353 g/mol. The first kappa shape index (κ1) is 18.4. The molecule has 2 rings (SSSR count). The van der Waals surface area contributed by atoms with Crippen LogP contribution in [-0.4, -0.2) is 33.2 Å². The van der Waals surface area contributed by atoms with Crippen LogP contribution < -0.4 is 0 Å². The van der Waals surface area contributed by atoms with Crippen LogP contribution >= 0.6 is 35.0 Å². The average molecular weight is 374 g/mol. The molecular formula is C16H21Cl2N3OS. The third kappa shape index (κ3) is 5.03. The second-order valence-electron chi connectivity index (χ2n) is 6.39. The molecule has 0 unspecified atom stereocenters. The fraction of sp³-hybridized carbons (Fsp3) is 0.500. The van der Waals surface area contributed by atoms with Gasteiger partial charge in [0.25, 0.3) is 5.24 Å². The van der Waals surface area contributed by atoms with E-state index in [4.69, 9.17) is 23.2 Å². The highest BCUT2D eigenvalue weighted by atomic mass is 35.5. The van der Waals surface area contributed by atoms with Crippen LogP contribution in [-0.2, 0) is 0 Å². The molecule has 2 aromatic rings. The van der Waals surface area contributed by atoms with Gasteiger partial charge in [-0.25, -0.2) is 4.98 Å². The molecule has 0 aliphatic heterocycles. The average Bonchev–Trinajstić information content (AvgIpc) is 2.78. The standard InChI is InChI=1S/C16H21Cl2N3OS/c1-9(2)7-21(8-10(3)4)16(22)23-15-19-13-5-11(17)12(18)6-14(13)20-15/h5-6,9-10H,7-8H2,1-4H3,(H,19,20). The summed E-state index contributed by atoms with van der Waals surface area (Å²) in [6, 6.07) is 3.42. The largest absolute Gasteiger partial charge is 0.333 e. The fourth-order valence-corrected chi connectivity index (χ4v) is 3.35. The zero-order valence-corrected chi connectivity index (χ0v) is 16.0. The van der Waals surface area contributed by atoms with Crippen LogP contribution in [0.25, 0.3) is 11.0 Å². The Bertz CT molecular complexity index is 651. The molecule has 7 heteroatoms. The van der Waals surface area contributed by atoms with Gasteiger partial charge in [0.15, 0.2) is 5.16 Å². The summed E-state index contributed by atoms with van der Waals surface area (Å²) in [5.74, 6) is 0.846. The maximum absolute atomic E-state index is 12.6. The topological polar surface area (TPSA) is 49.0 Å². The molecule has 126 valence electrons. The number of nitrogens with zero attached hydrogens (tertiary/aromatic N) is 2. The molecule has 0 atom stereocenters. The summed E-state index contributed by atoms with van der Waals surface area (Å²) in [4.78, 5) is 22.0. The van der Waals surface area contributed by atoms with Crippen LogP contribution in [0.5, 0.6) is 0 Å². The number of fused-ring (bicyclic) bond motifs is 1. The van der Waals surface area contributed by atoms with Gasteiger partial charge < -0.3 is 9.88 Å². The van der Waals surface area contributed by atoms with E-state index < -0.39 is 0 Å². The summed E-state index contributed by atoms with van der Waals surface area (Å²) in [6.07, 6.45) is 0. The van der Waals surface area contributed by atoms with Crippen LogP contribution in [0.15, 0.2) is 17.3 Å². The van der Waals surface area contributed by atoms with E-state index in [9.17, 15) is 4.79 Å². The van der Waals surface area contributed by atoms with Gasteiger partial charge in [0.2, 0.25) is 0 Å². The van der Waals surface area contributed by atoms with E-state index >= 15 is 0 Å². The van der Waals surface area contributed by atoms with Crippen molar-refractivity contribution in [3.8, 4) is 0 Å². The molecule has 0 saturated carbocycles. The van der Waals surface area contributed by atoms with Crippen molar-refractivity contribution in [1.82, 2.24) is 14.9 Å². The SMILES string of the molecule is CC(C)CN(CC(C)C)C(=O)Sc1nc2cc(Cl)c(Cl)cc2[nH]1. The lowest BCUT2D eigenvalue weighted by molar-refractivity contribution is 0.208. The highest BCUT2D eigenvalue weighted by Gasteiger charge is 2.19. The van der Waals surface area contributed by atoms with E-state index in [0.29, 0.717) is 32.6 Å². The number of aromatic nitrogens is 2. The number of aromatic amines is 1. The molecule has 1 heterocycles. The lowest BCUT2D eigenvalue weighted by Gasteiger charge is -2.25. The van der Waals surface area contributed by atoms with Gasteiger partial charge in [0.05, 0.1) is 21.1 Å². The van der Waals surface area contributed by atoms with E-state index in [2.05, 4.69) is 37.7 Å². The summed E-state index contributed by atoms with van der Waals surface area (Å²) >= 11 is 13.1. The zero-order chi connectivity index (χ0) is 17.1. The summed E-state index contributed by atoms with van der Waals surface area (Å²) in [5.41, 5.74) is 1.47. The van der Waals surface area contributed by atoms with Crippen molar-refractivity contribution in [3.63, 3.8) is 0 Å². The Morgan fingerprint density at radius 2 is 1.74 bits per heavy atom. The predicted molar refractivity (Wildman–Crippen MR) is 98.6 cm³/mol. The number of carbonyl (C=O) groups is 1. The Morgan fingerprint density at radius 3 is 2.30 bits per heavy atom. The number of imidazole rings is 1. The first-order chi connectivity index (χ1) is 10.8. The number of halogens is 2. The van der Waals surface area contributed by atoms with E-state index in [1.165, 1.54) is 0 Å². The van der Waals surface area contributed by atoms with Gasteiger partial charge in [-0.1, -0.05) is 50.9 Å². The highest BCUT2D eigenvalue weighted by Crippen LogP contribution is 2.29. The molecule has 0 saturated heterocycles. The molecule has 0 aliphatic rings. The summed E-state index contributed by atoms with van der Waals surface area (Å²) in [6.45, 7) is 9.91. The first-order valence-corrected chi connectivity index (χ1v) is 9.15. The Morgan fingerprint density at radius 1 is 1.17 bits per heavy atom. The van der Waals surface area contributed by atoms with Gasteiger partial charge in [0, 0.05) is 24.9 Å². The fourth-order valence-electron chi connectivity index (χ4n) is 2.28. The maximum Gasteiger partial charge on any atom is 0.289 e. The molecule has 1 aromatic carbocycles. The number of benzene rings is 1. The molecule has 23 heavy (non-hydrogen) atoms. The number of hydrogen-bond donors (Lipinski definition) is 1. The van der Waals surface area contributed by atoms with Crippen molar-refractivity contribution in [2.45, 2.75) is 32.9 Å². The van der Waals surface area contributed by atoms with Crippen LogP contribution in [0, 0.1) is 11.8 Å².